The number of nitrogens with one attached hydrogen (secondary N) is 1. The van der Waals surface area contributed by atoms with Gasteiger partial charge in [-0.15, -0.1) is 0 Å². The van der Waals surface area contributed by atoms with Crippen molar-refractivity contribution in [2.75, 3.05) is 40.1 Å². The molecule has 1 N–H and O–H groups in total. The van der Waals surface area contributed by atoms with E-state index in [-0.39, 0.29) is 31.9 Å². The van der Waals surface area contributed by atoms with Crippen LogP contribution in [0.3, 0.4) is 0 Å². The molecule has 0 aliphatic carbocycles. The molecule has 0 saturated heterocycles. The number of hydrogen-bond donors (Lipinski definition) is 1. The van der Waals surface area contributed by atoms with E-state index in [1.54, 1.807) is 25.1 Å². The first-order valence-electron chi connectivity index (χ1n) is 14.6. The zero-order valence-corrected chi connectivity index (χ0v) is 25.0. The summed E-state index contributed by atoms with van der Waals surface area (Å²) in [5, 5.41) is 2.69. The normalized spacial score (nSPS) is 10.5. The average molecular weight is 592 g/mol. The summed E-state index contributed by atoms with van der Waals surface area (Å²) in [6.45, 7) is 3.86. The lowest BCUT2D eigenvalue weighted by Crippen LogP contribution is -2.28. The molecule has 1 amide bonds. The van der Waals surface area contributed by atoms with Crippen molar-refractivity contribution >= 4 is 17.8 Å². The third-order valence-corrected chi connectivity index (χ3v) is 6.41. The van der Waals surface area contributed by atoms with E-state index in [4.69, 9.17) is 18.9 Å². The second-order valence-corrected chi connectivity index (χ2v) is 9.71. The van der Waals surface area contributed by atoms with Crippen LogP contribution in [0, 0.1) is 0 Å². The monoisotopic (exact) mass is 591 g/mol. The van der Waals surface area contributed by atoms with Gasteiger partial charge in [-0.3, -0.25) is 9.59 Å². The van der Waals surface area contributed by atoms with Crippen LogP contribution in [-0.2, 0) is 31.9 Å². The predicted molar refractivity (Wildman–Crippen MR) is 163 cm³/mol. The van der Waals surface area contributed by atoms with Crippen molar-refractivity contribution in [1.82, 2.24) is 5.32 Å². The summed E-state index contributed by atoms with van der Waals surface area (Å²) in [5.41, 5.74) is 2.07. The molecular formula is C34H41NO8. The van der Waals surface area contributed by atoms with E-state index in [0.717, 1.165) is 42.7 Å². The molecule has 3 aromatic rings. The van der Waals surface area contributed by atoms with Crippen LogP contribution in [0.1, 0.15) is 54.1 Å². The van der Waals surface area contributed by atoms with Crippen LogP contribution in [0.2, 0.25) is 0 Å². The van der Waals surface area contributed by atoms with Gasteiger partial charge in [0.15, 0.2) is 0 Å². The molecule has 0 aromatic heterocycles. The van der Waals surface area contributed by atoms with Crippen LogP contribution < -0.4 is 19.5 Å². The third-order valence-electron chi connectivity index (χ3n) is 6.41. The number of rotatable bonds is 19. The van der Waals surface area contributed by atoms with Gasteiger partial charge in [0.05, 0.1) is 51.9 Å². The molecule has 43 heavy (non-hydrogen) atoms. The lowest BCUT2D eigenvalue weighted by atomic mass is 10.1. The number of carbonyl (C=O) groups excluding carboxylic acids is 3. The molecule has 9 nitrogen and oxygen atoms in total. The quantitative estimate of drug-likeness (QED) is 0.147. The largest absolute Gasteiger partial charge is 0.494 e. The molecule has 0 unspecified atom stereocenters. The average Bonchev–Trinajstić information content (AvgIpc) is 3.02. The number of methoxy groups -OCH3 is 1. The molecule has 0 aliphatic rings. The zero-order chi connectivity index (χ0) is 30.7. The van der Waals surface area contributed by atoms with Crippen molar-refractivity contribution in [3.05, 3.63) is 89.5 Å². The molecule has 0 radical (unpaired) electrons. The van der Waals surface area contributed by atoms with E-state index in [0.29, 0.717) is 36.7 Å². The van der Waals surface area contributed by atoms with E-state index in [1.165, 1.54) is 7.11 Å². The Morgan fingerprint density at radius 2 is 1.44 bits per heavy atom. The Kier molecular flexibility index (Phi) is 14.4. The molecule has 0 spiro atoms. The molecule has 0 bridgehead atoms. The van der Waals surface area contributed by atoms with Crippen LogP contribution in [-0.4, -0.2) is 57.9 Å². The summed E-state index contributed by atoms with van der Waals surface area (Å²) in [7, 11) is 1.30. The first-order valence-corrected chi connectivity index (χ1v) is 14.6. The van der Waals surface area contributed by atoms with Crippen molar-refractivity contribution < 1.29 is 38.1 Å². The predicted octanol–water partition coefficient (Wildman–Crippen LogP) is 5.33. The van der Waals surface area contributed by atoms with E-state index < -0.39 is 11.9 Å². The highest BCUT2D eigenvalue weighted by molar-refractivity contribution is 5.90. The number of hydrogen-bond acceptors (Lipinski definition) is 8. The highest BCUT2D eigenvalue weighted by Crippen LogP contribution is 2.23. The Bertz CT molecular complexity index is 1280. The Morgan fingerprint density at radius 1 is 0.767 bits per heavy atom. The maximum absolute atomic E-state index is 12.5. The van der Waals surface area contributed by atoms with Gasteiger partial charge < -0.3 is 29.0 Å². The number of ether oxygens (including phenoxy) is 5. The van der Waals surface area contributed by atoms with Gasteiger partial charge in [-0.05, 0) is 80.6 Å². The number of amides is 1. The van der Waals surface area contributed by atoms with Gasteiger partial charge in [0.1, 0.15) is 17.2 Å². The van der Waals surface area contributed by atoms with Crippen molar-refractivity contribution in [2.24, 2.45) is 0 Å². The lowest BCUT2D eigenvalue weighted by molar-refractivity contribution is -0.140. The van der Waals surface area contributed by atoms with E-state index in [9.17, 15) is 14.4 Å². The van der Waals surface area contributed by atoms with Gasteiger partial charge in [0.25, 0.3) is 0 Å². The zero-order valence-electron chi connectivity index (χ0n) is 25.0. The van der Waals surface area contributed by atoms with Crippen molar-refractivity contribution in [3.8, 4) is 17.2 Å². The Labute approximate surface area is 253 Å². The summed E-state index contributed by atoms with van der Waals surface area (Å²) in [6, 6.07) is 22.8. The van der Waals surface area contributed by atoms with Gasteiger partial charge >= 0.3 is 11.9 Å². The number of carbonyl (C=O) groups is 3. The molecule has 3 rings (SSSR count). The topological polar surface area (TPSA) is 109 Å². The smallest absolute Gasteiger partial charge is 0.338 e. The van der Waals surface area contributed by atoms with Crippen molar-refractivity contribution in [1.29, 1.82) is 0 Å². The van der Waals surface area contributed by atoms with Gasteiger partial charge in [-0.2, -0.15) is 0 Å². The van der Waals surface area contributed by atoms with Crippen molar-refractivity contribution in [3.63, 3.8) is 0 Å². The lowest BCUT2D eigenvalue weighted by Gasteiger charge is -2.13. The van der Waals surface area contributed by atoms with Crippen LogP contribution >= 0.6 is 0 Å². The molecule has 230 valence electrons. The first kappa shape index (κ1) is 33.0. The van der Waals surface area contributed by atoms with E-state index in [2.05, 4.69) is 10.1 Å². The Hall–Kier alpha value is -4.53. The summed E-state index contributed by atoms with van der Waals surface area (Å²) < 4.78 is 27.3. The molecule has 0 aliphatic heterocycles. The van der Waals surface area contributed by atoms with Crippen LogP contribution in [0.25, 0.3) is 0 Å². The van der Waals surface area contributed by atoms with E-state index in [1.807, 2.05) is 54.6 Å². The van der Waals surface area contributed by atoms with Crippen LogP contribution in [0.15, 0.2) is 72.8 Å². The fourth-order valence-electron chi connectivity index (χ4n) is 4.15. The first-order chi connectivity index (χ1) is 21.0. The summed E-state index contributed by atoms with van der Waals surface area (Å²) in [5.74, 6) is 1.07. The second kappa shape index (κ2) is 18.8. The fraction of sp³-hybridized carbons (Fsp3) is 0.382. The highest BCUT2D eigenvalue weighted by Gasteiger charge is 2.15. The van der Waals surface area contributed by atoms with Gasteiger partial charge in [-0.25, -0.2) is 4.79 Å². The molecule has 9 heteroatoms. The van der Waals surface area contributed by atoms with Gasteiger partial charge in [-0.1, -0.05) is 30.3 Å². The fourth-order valence-corrected chi connectivity index (χ4v) is 4.15. The maximum Gasteiger partial charge on any atom is 0.338 e. The maximum atomic E-state index is 12.5. The summed E-state index contributed by atoms with van der Waals surface area (Å²) in [6.07, 6.45) is 3.45. The van der Waals surface area contributed by atoms with E-state index >= 15 is 0 Å². The standard InChI is InChI=1S/C34H41NO8/c1-3-40-34(38)27-15-18-31(28(24-27)25-32(36)35-20-19-33(37)39-2)43-23-9-10-26-13-16-30(17-14-26)42-22-8-7-21-41-29-11-5-4-6-12-29/h4-6,11-18,24H,3,7-10,19-23,25H2,1-2H3,(H,35,36). The molecule has 3 aromatic carbocycles. The molecular weight excluding hydrogens is 550 g/mol. The Balaban J connectivity index is 1.41. The van der Waals surface area contributed by atoms with Crippen LogP contribution in [0.5, 0.6) is 17.2 Å². The summed E-state index contributed by atoms with van der Waals surface area (Å²) >= 11 is 0. The SMILES string of the molecule is CCOC(=O)c1ccc(OCCCc2ccc(OCCCCOc3ccccc3)cc2)c(CC(=O)NCCC(=O)OC)c1. The minimum atomic E-state index is -0.467. The third kappa shape index (κ3) is 12.5. The molecule has 0 atom stereocenters. The number of unbranched alkanes of at least 4 members (excludes halogenated alkanes) is 1. The molecule has 0 fully saturated rings. The van der Waals surface area contributed by atoms with Gasteiger partial charge in [0, 0.05) is 12.1 Å². The Morgan fingerprint density at radius 3 is 2.12 bits per heavy atom. The number of esters is 2. The number of para-hydroxylation sites is 1. The number of benzene rings is 3. The highest BCUT2D eigenvalue weighted by atomic mass is 16.5. The van der Waals surface area contributed by atoms with Crippen LogP contribution in [0.4, 0.5) is 0 Å². The minimum Gasteiger partial charge on any atom is -0.494 e. The molecule has 0 heterocycles. The number of aryl methyl sites for hydroxylation is 1. The minimum absolute atomic E-state index is 0.00867. The summed E-state index contributed by atoms with van der Waals surface area (Å²) in [4.78, 5) is 36.0. The van der Waals surface area contributed by atoms with Crippen molar-refractivity contribution in [2.45, 2.75) is 45.4 Å². The second-order valence-electron chi connectivity index (χ2n) is 9.71. The molecule has 0 saturated carbocycles. The van der Waals surface area contributed by atoms with Gasteiger partial charge in [0.2, 0.25) is 5.91 Å².